The smallest absolute Gasteiger partial charge is 0.109 e. The van der Waals surface area contributed by atoms with E-state index < -0.39 is 8.96 Å². The molecule has 1 unspecified atom stereocenters. The highest BCUT2D eigenvalue weighted by Gasteiger charge is 2.12. The Morgan fingerprint density at radius 3 is 2.30 bits per heavy atom. The molecule has 0 aromatic rings. The molecule has 0 amide bonds. The third-order valence-electron chi connectivity index (χ3n) is 1.20. The quantitative estimate of drug-likeness (QED) is 0.487. The molecule has 0 bridgehead atoms. The van der Waals surface area contributed by atoms with Crippen LogP contribution in [-0.4, -0.2) is 14.5 Å². The minimum absolute atomic E-state index is 0.286. The highest BCUT2D eigenvalue weighted by atomic mass is 28.3. The topological polar surface area (TPSA) is 12.0 Å². The minimum Gasteiger partial charge on any atom is -0.335 e. The molecule has 1 atom stereocenters. The van der Waals surface area contributed by atoms with Crippen LogP contribution < -0.4 is 4.98 Å². The molecule has 0 saturated carbocycles. The van der Waals surface area contributed by atoms with E-state index in [-0.39, 0.29) is 5.54 Å². The molecule has 0 aliphatic rings. The number of rotatable bonds is 3. The van der Waals surface area contributed by atoms with Gasteiger partial charge in [-0.05, 0) is 26.8 Å². The molecule has 0 aromatic carbocycles. The van der Waals surface area contributed by atoms with E-state index in [4.69, 9.17) is 0 Å². The predicted molar refractivity (Wildman–Crippen MR) is 50.9 cm³/mol. The molecule has 0 radical (unpaired) electrons. The Bertz CT molecular complexity index is 104. The largest absolute Gasteiger partial charge is 0.335 e. The molecule has 0 heterocycles. The van der Waals surface area contributed by atoms with Gasteiger partial charge in [0.1, 0.15) is 8.96 Å². The maximum atomic E-state index is 3.73. The van der Waals surface area contributed by atoms with Crippen molar-refractivity contribution in [2.45, 2.75) is 38.9 Å². The van der Waals surface area contributed by atoms with Crippen molar-refractivity contribution in [2.75, 3.05) is 0 Å². The molecule has 1 nitrogen and oxygen atoms in total. The lowest BCUT2D eigenvalue weighted by atomic mass is 10.1. The average Bonchev–Trinajstić information content (AvgIpc) is 1.59. The van der Waals surface area contributed by atoms with Crippen molar-refractivity contribution in [1.29, 1.82) is 0 Å². The van der Waals surface area contributed by atoms with Crippen molar-refractivity contribution in [1.82, 2.24) is 4.98 Å². The van der Waals surface area contributed by atoms with E-state index in [1.165, 1.54) is 6.04 Å². The molecule has 10 heavy (non-hydrogen) atoms. The Kier molecular flexibility index (Phi) is 3.90. The summed E-state index contributed by atoms with van der Waals surface area (Å²) in [5, 5.41) is 0. The van der Waals surface area contributed by atoms with Gasteiger partial charge in [0.25, 0.3) is 0 Å². The van der Waals surface area contributed by atoms with E-state index in [1.807, 2.05) is 6.08 Å². The monoisotopic (exact) mass is 157 g/mol. The lowest BCUT2D eigenvalue weighted by Crippen LogP contribution is -2.44. The van der Waals surface area contributed by atoms with Gasteiger partial charge in [0.2, 0.25) is 0 Å². The summed E-state index contributed by atoms with van der Waals surface area (Å²) in [4.78, 5) is 3.59. The Balaban J connectivity index is 3.56. The average molecular weight is 157 g/mol. The molecule has 0 rings (SSSR count). The molecule has 0 spiro atoms. The fourth-order valence-corrected chi connectivity index (χ4v) is 3.14. The van der Waals surface area contributed by atoms with Crippen LogP contribution in [0.4, 0.5) is 0 Å². The van der Waals surface area contributed by atoms with E-state index in [0.29, 0.717) is 0 Å². The first-order valence-corrected chi connectivity index (χ1v) is 6.39. The van der Waals surface area contributed by atoms with E-state index >= 15 is 0 Å². The number of hydrogen-bond donors (Lipinski definition) is 1. The molecule has 0 fully saturated rings. The number of hydrogen-bond acceptors (Lipinski definition) is 1. The lowest BCUT2D eigenvalue weighted by Gasteiger charge is -2.24. The molecule has 0 aliphatic heterocycles. The fraction of sp³-hybridized carbons (Fsp3) is 0.750. The van der Waals surface area contributed by atoms with E-state index in [1.54, 1.807) is 0 Å². The Morgan fingerprint density at radius 1 is 1.50 bits per heavy atom. The van der Waals surface area contributed by atoms with Crippen LogP contribution in [0.5, 0.6) is 0 Å². The van der Waals surface area contributed by atoms with Crippen LogP contribution in [0.2, 0.25) is 12.6 Å². The zero-order valence-electron chi connectivity index (χ0n) is 7.57. The summed E-state index contributed by atoms with van der Waals surface area (Å²) in [5.41, 5.74) is 0.286. The van der Waals surface area contributed by atoms with Crippen molar-refractivity contribution >= 4 is 8.96 Å². The van der Waals surface area contributed by atoms with Crippen LogP contribution in [0.25, 0.3) is 0 Å². The van der Waals surface area contributed by atoms with Crippen molar-refractivity contribution in [2.24, 2.45) is 0 Å². The highest BCUT2D eigenvalue weighted by molar-refractivity contribution is 6.55. The van der Waals surface area contributed by atoms with Gasteiger partial charge in [0, 0.05) is 5.54 Å². The summed E-state index contributed by atoms with van der Waals surface area (Å²) in [6.45, 7) is 12.7. The SMILES string of the molecule is C=CC[SiH](C)NC(C)(C)C. The molecule has 60 valence electrons. The molecule has 0 aromatic heterocycles. The number of nitrogens with one attached hydrogen (secondary N) is 1. The maximum Gasteiger partial charge on any atom is 0.109 e. The Hall–Kier alpha value is -0.0831. The van der Waals surface area contributed by atoms with Gasteiger partial charge in [-0.2, -0.15) is 0 Å². The predicted octanol–water partition coefficient (Wildman–Crippen LogP) is 1.91. The van der Waals surface area contributed by atoms with Gasteiger partial charge in [-0.3, -0.25) is 0 Å². The van der Waals surface area contributed by atoms with Crippen LogP contribution in [0.3, 0.4) is 0 Å². The van der Waals surface area contributed by atoms with E-state index in [9.17, 15) is 0 Å². The van der Waals surface area contributed by atoms with Crippen LogP contribution >= 0.6 is 0 Å². The van der Waals surface area contributed by atoms with Crippen molar-refractivity contribution in [3.8, 4) is 0 Å². The van der Waals surface area contributed by atoms with Gasteiger partial charge in [-0.25, -0.2) is 0 Å². The van der Waals surface area contributed by atoms with Crippen LogP contribution in [0, 0.1) is 0 Å². The second-order valence-electron chi connectivity index (χ2n) is 3.82. The van der Waals surface area contributed by atoms with Gasteiger partial charge in [0.05, 0.1) is 0 Å². The molecule has 0 aliphatic carbocycles. The first kappa shape index (κ1) is 9.92. The highest BCUT2D eigenvalue weighted by Crippen LogP contribution is 2.01. The molecule has 0 saturated heterocycles. The van der Waals surface area contributed by atoms with Crippen LogP contribution in [0.1, 0.15) is 20.8 Å². The molecular weight excluding hydrogens is 138 g/mol. The normalized spacial score (nSPS) is 14.8. The first-order chi connectivity index (χ1) is 4.45. The maximum absolute atomic E-state index is 3.73. The Morgan fingerprint density at radius 2 is 2.00 bits per heavy atom. The van der Waals surface area contributed by atoms with Crippen LogP contribution in [0.15, 0.2) is 12.7 Å². The summed E-state index contributed by atoms with van der Waals surface area (Å²) in [5.74, 6) is 0. The van der Waals surface area contributed by atoms with Gasteiger partial charge >= 0.3 is 0 Å². The van der Waals surface area contributed by atoms with E-state index in [0.717, 1.165) is 0 Å². The van der Waals surface area contributed by atoms with Crippen molar-refractivity contribution in [3.05, 3.63) is 12.7 Å². The summed E-state index contributed by atoms with van der Waals surface area (Å²) in [7, 11) is -0.695. The van der Waals surface area contributed by atoms with Gasteiger partial charge < -0.3 is 4.98 Å². The molecular formula is C8H19NSi. The van der Waals surface area contributed by atoms with E-state index in [2.05, 4.69) is 38.9 Å². The summed E-state index contributed by atoms with van der Waals surface area (Å²) < 4.78 is 0. The third-order valence-corrected chi connectivity index (χ3v) is 3.60. The van der Waals surface area contributed by atoms with Crippen molar-refractivity contribution < 1.29 is 0 Å². The molecule has 1 N–H and O–H groups in total. The number of allylic oxidation sites excluding steroid dienone is 1. The second kappa shape index (κ2) is 3.94. The zero-order valence-corrected chi connectivity index (χ0v) is 8.72. The first-order valence-electron chi connectivity index (χ1n) is 3.84. The summed E-state index contributed by atoms with van der Waals surface area (Å²) in [6, 6.07) is 1.18. The van der Waals surface area contributed by atoms with Gasteiger partial charge in [-0.15, -0.1) is 6.58 Å². The minimum atomic E-state index is -0.695. The third kappa shape index (κ3) is 6.04. The van der Waals surface area contributed by atoms with Gasteiger partial charge in [-0.1, -0.05) is 12.6 Å². The fourth-order valence-electron chi connectivity index (χ4n) is 1.05. The van der Waals surface area contributed by atoms with Crippen LogP contribution in [-0.2, 0) is 0 Å². The van der Waals surface area contributed by atoms with Crippen molar-refractivity contribution in [3.63, 3.8) is 0 Å². The summed E-state index contributed by atoms with van der Waals surface area (Å²) >= 11 is 0. The standard InChI is InChI=1S/C8H19NSi/c1-6-7-10(5)9-8(2,3)4/h6,9-10H,1,7H2,2-5H3. The van der Waals surface area contributed by atoms with Gasteiger partial charge in [0.15, 0.2) is 0 Å². The zero-order chi connectivity index (χ0) is 8.20. The Labute approximate surface area is 66.2 Å². The second-order valence-corrected chi connectivity index (χ2v) is 6.38. The molecule has 2 heteroatoms. The summed E-state index contributed by atoms with van der Waals surface area (Å²) in [6.07, 6.45) is 2.01. The lowest BCUT2D eigenvalue weighted by molar-refractivity contribution is 0.518.